The number of benzene rings is 1. The third kappa shape index (κ3) is 2.49. The Morgan fingerprint density at radius 2 is 2.00 bits per heavy atom. The molecule has 1 saturated heterocycles. The van der Waals surface area contributed by atoms with Gasteiger partial charge in [-0.1, -0.05) is 18.2 Å². The highest BCUT2D eigenvalue weighted by molar-refractivity contribution is 5.75. The van der Waals surface area contributed by atoms with E-state index in [-0.39, 0.29) is 5.92 Å². The summed E-state index contributed by atoms with van der Waals surface area (Å²) in [7, 11) is 0. The molecule has 0 unspecified atom stereocenters. The van der Waals surface area contributed by atoms with E-state index < -0.39 is 5.79 Å². The second kappa shape index (κ2) is 4.36. The van der Waals surface area contributed by atoms with Gasteiger partial charge in [-0.25, -0.2) is 0 Å². The fourth-order valence-corrected chi connectivity index (χ4v) is 1.77. The summed E-state index contributed by atoms with van der Waals surface area (Å²) in [5.74, 6) is -0.272. The molecule has 16 heavy (non-hydrogen) atoms. The molecule has 0 radical (unpaired) electrons. The standard InChI is InChI=1S/C13H16O3/c1-13(2)15-8-12(9-16-13)11-5-3-4-10(6-11)7-14/h3-7,12H,8-9H2,1-2H3. The number of rotatable bonds is 2. The highest BCUT2D eigenvalue weighted by Crippen LogP contribution is 2.27. The number of carbonyl (C=O) groups excluding carboxylic acids is 1. The van der Waals surface area contributed by atoms with Crippen molar-refractivity contribution < 1.29 is 14.3 Å². The van der Waals surface area contributed by atoms with E-state index in [0.29, 0.717) is 18.8 Å². The molecular weight excluding hydrogens is 204 g/mol. The van der Waals surface area contributed by atoms with E-state index >= 15 is 0 Å². The highest BCUT2D eigenvalue weighted by atomic mass is 16.7. The molecule has 0 atom stereocenters. The highest BCUT2D eigenvalue weighted by Gasteiger charge is 2.28. The first-order chi connectivity index (χ1) is 7.61. The van der Waals surface area contributed by atoms with Gasteiger partial charge in [0.1, 0.15) is 6.29 Å². The molecule has 0 aromatic heterocycles. The van der Waals surface area contributed by atoms with Crippen LogP contribution in [0.2, 0.25) is 0 Å². The molecule has 1 aliphatic rings. The largest absolute Gasteiger partial charge is 0.350 e. The molecule has 0 saturated carbocycles. The van der Waals surface area contributed by atoms with Crippen LogP contribution in [0.15, 0.2) is 24.3 Å². The maximum atomic E-state index is 10.7. The molecule has 86 valence electrons. The van der Waals surface area contributed by atoms with E-state index in [0.717, 1.165) is 11.8 Å². The Kier molecular flexibility index (Phi) is 3.08. The number of carbonyl (C=O) groups is 1. The molecule has 1 heterocycles. The van der Waals surface area contributed by atoms with Crippen molar-refractivity contribution in [2.45, 2.75) is 25.6 Å². The van der Waals surface area contributed by atoms with Crippen molar-refractivity contribution >= 4 is 6.29 Å². The van der Waals surface area contributed by atoms with Gasteiger partial charge in [-0.15, -0.1) is 0 Å². The molecule has 1 aliphatic heterocycles. The summed E-state index contributed by atoms with van der Waals surface area (Å²) in [5, 5.41) is 0. The Balaban J connectivity index is 2.11. The quantitative estimate of drug-likeness (QED) is 0.718. The predicted molar refractivity (Wildman–Crippen MR) is 60.6 cm³/mol. The Hall–Kier alpha value is -1.19. The minimum Gasteiger partial charge on any atom is -0.350 e. The summed E-state index contributed by atoms with van der Waals surface area (Å²) < 4.78 is 11.2. The van der Waals surface area contributed by atoms with Crippen molar-refractivity contribution in [3.8, 4) is 0 Å². The SMILES string of the molecule is CC1(C)OCC(c2cccc(C=O)c2)CO1. The lowest BCUT2D eigenvalue weighted by Crippen LogP contribution is -2.38. The third-order valence-corrected chi connectivity index (χ3v) is 2.78. The van der Waals surface area contributed by atoms with E-state index in [4.69, 9.17) is 9.47 Å². The molecule has 1 fully saturated rings. The van der Waals surface area contributed by atoms with Crippen molar-refractivity contribution in [2.75, 3.05) is 13.2 Å². The summed E-state index contributed by atoms with van der Waals surface area (Å²) in [5.41, 5.74) is 1.79. The smallest absolute Gasteiger partial charge is 0.162 e. The second-order valence-corrected chi connectivity index (χ2v) is 4.51. The summed E-state index contributed by atoms with van der Waals surface area (Å²) in [6, 6.07) is 7.58. The van der Waals surface area contributed by atoms with E-state index in [1.54, 1.807) is 6.07 Å². The maximum Gasteiger partial charge on any atom is 0.162 e. The molecule has 2 rings (SSSR count). The van der Waals surface area contributed by atoms with Crippen LogP contribution in [0, 0.1) is 0 Å². The number of hydrogen-bond donors (Lipinski definition) is 0. The van der Waals surface area contributed by atoms with Crippen molar-refractivity contribution in [2.24, 2.45) is 0 Å². The minimum atomic E-state index is -0.487. The zero-order valence-corrected chi connectivity index (χ0v) is 9.60. The zero-order chi connectivity index (χ0) is 11.6. The van der Waals surface area contributed by atoms with Crippen LogP contribution in [0.4, 0.5) is 0 Å². The zero-order valence-electron chi connectivity index (χ0n) is 9.60. The van der Waals surface area contributed by atoms with Gasteiger partial charge >= 0.3 is 0 Å². The number of aldehydes is 1. The Morgan fingerprint density at radius 3 is 2.62 bits per heavy atom. The summed E-state index contributed by atoms with van der Waals surface area (Å²) in [6.45, 7) is 5.08. The van der Waals surface area contributed by atoms with Gasteiger partial charge in [0.2, 0.25) is 0 Å². The first-order valence-corrected chi connectivity index (χ1v) is 5.44. The average molecular weight is 220 g/mol. The van der Waals surface area contributed by atoms with Crippen molar-refractivity contribution in [3.05, 3.63) is 35.4 Å². The van der Waals surface area contributed by atoms with Gasteiger partial charge in [-0.2, -0.15) is 0 Å². The molecule has 1 aromatic carbocycles. The minimum absolute atomic E-state index is 0.216. The molecular formula is C13H16O3. The molecule has 1 aromatic rings. The van der Waals surface area contributed by atoms with Gasteiger partial charge in [0.05, 0.1) is 13.2 Å². The lowest BCUT2D eigenvalue weighted by atomic mass is 9.98. The summed E-state index contributed by atoms with van der Waals surface area (Å²) >= 11 is 0. The van der Waals surface area contributed by atoms with Crippen molar-refractivity contribution in [1.29, 1.82) is 0 Å². The molecule has 0 bridgehead atoms. The molecule has 0 amide bonds. The first-order valence-electron chi connectivity index (χ1n) is 5.44. The van der Waals surface area contributed by atoms with E-state index in [9.17, 15) is 4.79 Å². The van der Waals surface area contributed by atoms with Crippen LogP contribution >= 0.6 is 0 Å². The first kappa shape index (κ1) is 11.3. The lowest BCUT2D eigenvalue weighted by molar-refractivity contribution is -0.251. The molecule has 3 nitrogen and oxygen atoms in total. The Labute approximate surface area is 95.4 Å². The van der Waals surface area contributed by atoms with Crippen LogP contribution in [0.5, 0.6) is 0 Å². The van der Waals surface area contributed by atoms with E-state index in [1.165, 1.54) is 0 Å². The fourth-order valence-electron chi connectivity index (χ4n) is 1.77. The van der Waals surface area contributed by atoms with Gasteiger partial charge in [0, 0.05) is 11.5 Å². The second-order valence-electron chi connectivity index (χ2n) is 4.51. The van der Waals surface area contributed by atoms with Gasteiger partial charge < -0.3 is 9.47 Å². The Morgan fingerprint density at radius 1 is 1.31 bits per heavy atom. The predicted octanol–water partition coefficient (Wildman–Crippen LogP) is 2.37. The lowest BCUT2D eigenvalue weighted by Gasteiger charge is -2.35. The molecule has 3 heteroatoms. The van der Waals surface area contributed by atoms with Crippen LogP contribution in [0.1, 0.15) is 35.7 Å². The van der Waals surface area contributed by atoms with Gasteiger partial charge in [0.25, 0.3) is 0 Å². The third-order valence-electron chi connectivity index (χ3n) is 2.78. The maximum absolute atomic E-state index is 10.7. The van der Waals surface area contributed by atoms with E-state index in [1.807, 2.05) is 32.0 Å². The number of ether oxygens (including phenoxy) is 2. The van der Waals surface area contributed by atoms with Gasteiger partial charge in [-0.3, -0.25) is 4.79 Å². The van der Waals surface area contributed by atoms with Crippen LogP contribution in [0.3, 0.4) is 0 Å². The van der Waals surface area contributed by atoms with Crippen LogP contribution in [-0.2, 0) is 9.47 Å². The molecule has 0 spiro atoms. The van der Waals surface area contributed by atoms with Gasteiger partial charge in [0.15, 0.2) is 5.79 Å². The van der Waals surface area contributed by atoms with Crippen LogP contribution in [-0.4, -0.2) is 25.3 Å². The van der Waals surface area contributed by atoms with Crippen molar-refractivity contribution in [1.82, 2.24) is 0 Å². The average Bonchev–Trinajstić information content (AvgIpc) is 2.29. The van der Waals surface area contributed by atoms with Crippen molar-refractivity contribution in [3.63, 3.8) is 0 Å². The molecule has 0 N–H and O–H groups in total. The van der Waals surface area contributed by atoms with Gasteiger partial charge in [-0.05, 0) is 25.5 Å². The molecule has 0 aliphatic carbocycles. The fraction of sp³-hybridized carbons (Fsp3) is 0.462. The topological polar surface area (TPSA) is 35.5 Å². The van der Waals surface area contributed by atoms with Crippen LogP contribution < -0.4 is 0 Å². The van der Waals surface area contributed by atoms with E-state index in [2.05, 4.69) is 0 Å². The summed E-state index contributed by atoms with van der Waals surface area (Å²) in [4.78, 5) is 10.7. The monoisotopic (exact) mass is 220 g/mol. The summed E-state index contributed by atoms with van der Waals surface area (Å²) in [6.07, 6.45) is 0.859. The Bertz CT molecular complexity index is 375. The van der Waals surface area contributed by atoms with Crippen LogP contribution in [0.25, 0.3) is 0 Å². The number of hydrogen-bond acceptors (Lipinski definition) is 3. The normalized spacial score (nSPS) is 20.6.